The van der Waals surface area contributed by atoms with Crippen LogP contribution < -0.4 is 5.32 Å². The van der Waals surface area contributed by atoms with Crippen molar-refractivity contribution in [3.63, 3.8) is 0 Å². The van der Waals surface area contributed by atoms with Crippen molar-refractivity contribution in [2.75, 3.05) is 31.3 Å². The molecule has 1 aromatic rings. The number of nitrogens with zero attached hydrogens (tertiary/aromatic N) is 1. The largest absolute Gasteiger partial charge is 0.375 e. The molecule has 114 valence electrons. The Hall–Kier alpha value is -1.04. The van der Waals surface area contributed by atoms with Crippen LogP contribution >= 0.6 is 11.8 Å². The van der Waals surface area contributed by atoms with Gasteiger partial charge in [-0.3, -0.25) is 10.1 Å². The van der Waals surface area contributed by atoms with Gasteiger partial charge in [0.15, 0.2) is 0 Å². The first-order valence-corrected chi connectivity index (χ1v) is 8.74. The highest BCUT2D eigenvalue weighted by atomic mass is 32.2. The molecule has 2 unspecified atom stereocenters. The lowest BCUT2D eigenvalue weighted by Gasteiger charge is -2.34. The minimum Gasteiger partial charge on any atom is -0.375 e. The van der Waals surface area contributed by atoms with E-state index in [1.54, 1.807) is 11.8 Å². The Labute approximate surface area is 130 Å². The lowest BCUT2D eigenvalue weighted by molar-refractivity contribution is -0.140. The van der Waals surface area contributed by atoms with Crippen LogP contribution in [0.2, 0.25) is 0 Å². The van der Waals surface area contributed by atoms with Crippen LogP contribution in [0.15, 0.2) is 30.3 Å². The van der Waals surface area contributed by atoms with Crippen LogP contribution in [0.4, 0.5) is 0 Å². The summed E-state index contributed by atoms with van der Waals surface area (Å²) in [7, 11) is 0. The standard InChI is InChI=1S/C16H22N2O2S/c19-16(15-11-21-12-17-15)18-8-9-20-14(10-18)7-6-13-4-2-1-3-5-13/h1-5,14-15,17H,6-12H2. The number of carbonyl (C=O) groups is 1. The molecule has 1 amide bonds. The van der Waals surface area contributed by atoms with E-state index in [9.17, 15) is 4.79 Å². The molecule has 1 N–H and O–H groups in total. The van der Waals surface area contributed by atoms with Crippen LogP contribution in [0.25, 0.3) is 0 Å². The predicted octanol–water partition coefficient (Wildman–Crippen LogP) is 1.51. The number of morpholine rings is 1. The first-order chi connectivity index (χ1) is 10.3. The highest BCUT2D eigenvalue weighted by molar-refractivity contribution is 7.99. The Morgan fingerprint density at radius 2 is 2.24 bits per heavy atom. The summed E-state index contributed by atoms with van der Waals surface area (Å²) in [5.74, 6) is 2.02. The Kier molecular flexibility index (Phi) is 5.17. The Balaban J connectivity index is 1.49. The minimum absolute atomic E-state index is 0.00266. The molecule has 2 heterocycles. The van der Waals surface area contributed by atoms with Crippen LogP contribution in [-0.2, 0) is 16.0 Å². The summed E-state index contributed by atoms with van der Waals surface area (Å²) in [5.41, 5.74) is 1.33. The van der Waals surface area contributed by atoms with E-state index in [0.29, 0.717) is 6.61 Å². The summed E-state index contributed by atoms with van der Waals surface area (Å²) in [4.78, 5) is 14.4. The van der Waals surface area contributed by atoms with E-state index >= 15 is 0 Å². The second-order valence-electron chi connectivity index (χ2n) is 5.57. The van der Waals surface area contributed by atoms with Gasteiger partial charge in [-0.25, -0.2) is 0 Å². The zero-order valence-electron chi connectivity index (χ0n) is 12.2. The third-order valence-corrected chi connectivity index (χ3v) is 5.00. The molecule has 5 heteroatoms. The summed E-state index contributed by atoms with van der Waals surface area (Å²) >= 11 is 1.79. The molecule has 0 bridgehead atoms. The fourth-order valence-electron chi connectivity index (χ4n) is 2.84. The van der Waals surface area contributed by atoms with Gasteiger partial charge in [0.1, 0.15) is 0 Å². The Bertz CT molecular complexity index is 463. The normalized spacial score (nSPS) is 26.0. The average Bonchev–Trinajstić information content (AvgIpc) is 3.08. The van der Waals surface area contributed by atoms with Crippen LogP contribution in [0, 0.1) is 0 Å². The number of aryl methyl sites for hydroxylation is 1. The number of carbonyl (C=O) groups excluding carboxylic acids is 1. The number of thioether (sulfide) groups is 1. The highest BCUT2D eigenvalue weighted by Gasteiger charge is 2.30. The van der Waals surface area contributed by atoms with Crippen LogP contribution in [0.3, 0.4) is 0 Å². The number of amides is 1. The molecular weight excluding hydrogens is 284 g/mol. The van der Waals surface area contributed by atoms with Crippen LogP contribution in [-0.4, -0.2) is 54.3 Å². The first kappa shape index (κ1) is 14.9. The molecular formula is C16H22N2O2S. The molecule has 1 aromatic carbocycles. The van der Waals surface area contributed by atoms with Crippen molar-refractivity contribution < 1.29 is 9.53 Å². The van der Waals surface area contributed by atoms with Crippen LogP contribution in [0.1, 0.15) is 12.0 Å². The monoisotopic (exact) mass is 306 g/mol. The molecule has 0 aliphatic carbocycles. The summed E-state index contributed by atoms with van der Waals surface area (Å²) in [6.45, 7) is 2.11. The van der Waals surface area contributed by atoms with Gasteiger partial charge in [-0.05, 0) is 18.4 Å². The molecule has 4 nitrogen and oxygen atoms in total. The Morgan fingerprint density at radius 3 is 3.00 bits per heavy atom. The van der Waals surface area contributed by atoms with Crippen molar-refractivity contribution in [1.82, 2.24) is 10.2 Å². The van der Waals surface area contributed by atoms with E-state index < -0.39 is 0 Å². The molecule has 2 saturated heterocycles. The molecule has 2 atom stereocenters. The Morgan fingerprint density at radius 1 is 1.38 bits per heavy atom. The number of benzene rings is 1. The lowest BCUT2D eigenvalue weighted by atomic mass is 10.1. The number of hydrogen-bond donors (Lipinski definition) is 1. The van der Waals surface area contributed by atoms with Gasteiger partial charge >= 0.3 is 0 Å². The van der Waals surface area contributed by atoms with Crippen molar-refractivity contribution in [3.05, 3.63) is 35.9 Å². The van der Waals surface area contributed by atoms with Gasteiger partial charge in [-0.15, -0.1) is 11.8 Å². The second kappa shape index (κ2) is 7.29. The molecule has 2 fully saturated rings. The third kappa shape index (κ3) is 3.99. The van der Waals surface area contributed by atoms with E-state index in [2.05, 4.69) is 29.6 Å². The zero-order chi connectivity index (χ0) is 14.5. The molecule has 21 heavy (non-hydrogen) atoms. The van der Waals surface area contributed by atoms with Crippen molar-refractivity contribution in [2.24, 2.45) is 0 Å². The molecule has 2 aliphatic rings. The fourth-order valence-corrected chi connectivity index (χ4v) is 3.77. The van der Waals surface area contributed by atoms with Gasteiger partial charge in [0, 0.05) is 24.7 Å². The molecule has 0 aromatic heterocycles. The number of nitrogens with one attached hydrogen (secondary N) is 1. The molecule has 0 radical (unpaired) electrons. The molecule has 2 aliphatic heterocycles. The van der Waals surface area contributed by atoms with E-state index in [1.807, 2.05) is 11.0 Å². The van der Waals surface area contributed by atoms with E-state index in [-0.39, 0.29) is 18.1 Å². The maximum absolute atomic E-state index is 12.4. The SMILES string of the molecule is O=C(C1CSCN1)N1CCOC(CCc2ccccc2)C1. The van der Waals surface area contributed by atoms with Gasteiger partial charge < -0.3 is 9.64 Å². The zero-order valence-corrected chi connectivity index (χ0v) is 13.0. The quantitative estimate of drug-likeness (QED) is 0.915. The summed E-state index contributed by atoms with van der Waals surface area (Å²) < 4.78 is 5.82. The van der Waals surface area contributed by atoms with Crippen molar-refractivity contribution >= 4 is 17.7 Å². The first-order valence-electron chi connectivity index (χ1n) is 7.58. The molecule has 0 spiro atoms. The summed E-state index contributed by atoms with van der Waals surface area (Å²) in [6, 6.07) is 10.5. The van der Waals surface area contributed by atoms with Crippen LogP contribution in [0.5, 0.6) is 0 Å². The van der Waals surface area contributed by atoms with E-state index in [0.717, 1.165) is 37.6 Å². The highest BCUT2D eigenvalue weighted by Crippen LogP contribution is 2.16. The van der Waals surface area contributed by atoms with Gasteiger partial charge in [-0.1, -0.05) is 30.3 Å². The van der Waals surface area contributed by atoms with Gasteiger partial charge in [0.05, 0.1) is 18.8 Å². The maximum Gasteiger partial charge on any atom is 0.240 e. The average molecular weight is 306 g/mol. The number of hydrogen-bond acceptors (Lipinski definition) is 4. The summed E-state index contributed by atoms with van der Waals surface area (Å²) in [5, 5.41) is 3.26. The minimum atomic E-state index is 0.00266. The number of ether oxygens (including phenoxy) is 1. The van der Waals surface area contributed by atoms with Gasteiger partial charge in [-0.2, -0.15) is 0 Å². The smallest absolute Gasteiger partial charge is 0.240 e. The lowest BCUT2D eigenvalue weighted by Crippen LogP contribution is -2.52. The van der Waals surface area contributed by atoms with Crippen molar-refractivity contribution in [3.8, 4) is 0 Å². The maximum atomic E-state index is 12.4. The van der Waals surface area contributed by atoms with Gasteiger partial charge in [0.2, 0.25) is 5.91 Å². The van der Waals surface area contributed by atoms with Crippen molar-refractivity contribution in [1.29, 1.82) is 0 Å². The number of rotatable bonds is 4. The molecule has 0 saturated carbocycles. The fraction of sp³-hybridized carbons (Fsp3) is 0.562. The topological polar surface area (TPSA) is 41.6 Å². The van der Waals surface area contributed by atoms with Crippen molar-refractivity contribution in [2.45, 2.75) is 25.0 Å². The second-order valence-corrected chi connectivity index (χ2v) is 6.60. The van der Waals surface area contributed by atoms with E-state index in [1.165, 1.54) is 5.56 Å². The van der Waals surface area contributed by atoms with E-state index in [4.69, 9.17) is 4.74 Å². The third-order valence-electron chi connectivity index (χ3n) is 4.06. The molecule has 3 rings (SSSR count). The predicted molar refractivity (Wildman–Crippen MR) is 85.3 cm³/mol. The van der Waals surface area contributed by atoms with Gasteiger partial charge in [0.25, 0.3) is 0 Å². The summed E-state index contributed by atoms with van der Waals surface area (Å²) in [6.07, 6.45) is 2.14.